The van der Waals surface area contributed by atoms with Gasteiger partial charge in [0, 0.05) is 26.2 Å². The van der Waals surface area contributed by atoms with E-state index >= 15 is 0 Å². The van der Waals surface area contributed by atoms with E-state index in [9.17, 15) is 4.79 Å². The van der Waals surface area contributed by atoms with Crippen LogP contribution in [0.3, 0.4) is 0 Å². The Balaban J connectivity index is 0.00000208. The van der Waals surface area contributed by atoms with E-state index in [4.69, 9.17) is 0 Å². The quantitative estimate of drug-likeness (QED) is 0.924. The van der Waals surface area contributed by atoms with Crippen LogP contribution in [0.4, 0.5) is 0 Å². The Morgan fingerprint density at radius 2 is 1.46 bits per heavy atom. The fourth-order valence-corrected chi connectivity index (χ4v) is 3.10. The molecule has 0 atom stereocenters. The number of carbonyl (C=O) groups excluding carboxylic acids is 1. The molecule has 0 unspecified atom stereocenters. The van der Waals surface area contributed by atoms with Gasteiger partial charge >= 0.3 is 0 Å². The Hall–Kier alpha value is -1.84. The first-order chi connectivity index (χ1) is 11.1. The summed E-state index contributed by atoms with van der Waals surface area (Å²) in [6.45, 7) is 7.40. The van der Waals surface area contributed by atoms with Crippen LogP contribution < -0.4 is 5.32 Å². The van der Waals surface area contributed by atoms with Gasteiger partial charge in [0.25, 0.3) is 0 Å². The van der Waals surface area contributed by atoms with Crippen molar-refractivity contribution in [3.05, 3.63) is 60.2 Å². The maximum absolute atomic E-state index is 12.9. The number of nitrogens with one attached hydrogen (secondary N) is 1. The summed E-state index contributed by atoms with van der Waals surface area (Å²) in [5.41, 5.74) is 2.96. The first-order valence-corrected chi connectivity index (χ1v) is 8.25. The number of rotatable bonds is 3. The molecular formula is C20H25ClN2O. The van der Waals surface area contributed by atoms with E-state index in [1.54, 1.807) is 0 Å². The van der Waals surface area contributed by atoms with Crippen molar-refractivity contribution in [2.45, 2.75) is 19.3 Å². The Morgan fingerprint density at radius 3 is 2.04 bits per heavy atom. The van der Waals surface area contributed by atoms with Crippen LogP contribution in [0.15, 0.2) is 54.6 Å². The smallest absolute Gasteiger partial charge is 0.232 e. The lowest BCUT2D eigenvalue weighted by molar-refractivity contribution is -0.136. The van der Waals surface area contributed by atoms with Crippen LogP contribution in [-0.2, 0) is 10.2 Å². The summed E-state index contributed by atoms with van der Waals surface area (Å²) in [6, 6.07) is 18.7. The first kappa shape index (κ1) is 18.5. The zero-order valence-electron chi connectivity index (χ0n) is 14.3. The van der Waals surface area contributed by atoms with Gasteiger partial charge in [-0.1, -0.05) is 54.6 Å². The van der Waals surface area contributed by atoms with Gasteiger partial charge in [-0.25, -0.2) is 0 Å². The molecule has 1 fully saturated rings. The summed E-state index contributed by atoms with van der Waals surface area (Å²) in [4.78, 5) is 14.8. The topological polar surface area (TPSA) is 32.3 Å². The van der Waals surface area contributed by atoms with Gasteiger partial charge in [0.15, 0.2) is 0 Å². The Kier molecular flexibility index (Phi) is 6.03. The highest BCUT2D eigenvalue weighted by molar-refractivity contribution is 5.87. The van der Waals surface area contributed by atoms with E-state index in [0.29, 0.717) is 0 Å². The van der Waals surface area contributed by atoms with Crippen molar-refractivity contribution in [2.24, 2.45) is 0 Å². The van der Waals surface area contributed by atoms with Gasteiger partial charge in [-0.3, -0.25) is 4.79 Å². The first-order valence-electron chi connectivity index (χ1n) is 8.25. The Morgan fingerprint density at radius 1 is 0.917 bits per heavy atom. The third-order valence-electron chi connectivity index (χ3n) is 4.65. The predicted octanol–water partition coefficient (Wildman–Crippen LogP) is 3.48. The Labute approximate surface area is 150 Å². The van der Waals surface area contributed by atoms with Crippen molar-refractivity contribution >= 4 is 18.3 Å². The second kappa shape index (κ2) is 7.82. The predicted molar refractivity (Wildman–Crippen MR) is 102 cm³/mol. The molecule has 2 aromatic carbocycles. The van der Waals surface area contributed by atoms with E-state index in [-0.39, 0.29) is 18.3 Å². The highest BCUT2D eigenvalue weighted by Gasteiger charge is 2.34. The molecule has 24 heavy (non-hydrogen) atoms. The molecule has 2 aromatic rings. The largest absolute Gasteiger partial charge is 0.339 e. The van der Waals surface area contributed by atoms with Crippen LogP contribution in [-0.4, -0.2) is 37.0 Å². The highest BCUT2D eigenvalue weighted by atomic mass is 35.5. The van der Waals surface area contributed by atoms with Crippen molar-refractivity contribution in [3.8, 4) is 11.1 Å². The number of benzene rings is 2. The lowest BCUT2D eigenvalue weighted by Gasteiger charge is -2.35. The standard InChI is InChI=1S/C20H24N2O.ClH/c1-20(2,19(23)22-14-12-21-13-15-22)18-10-8-17(9-11-18)16-6-4-3-5-7-16;/h3-11,21H,12-15H2,1-2H3;1H. The van der Waals surface area contributed by atoms with Gasteiger partial charge in [-0.15, -0.1) is 12.4 Å². The number of carbonyl (C=O) groups is 1. The lowest BCUT2D eigenvalue weighted by Crippen LogP contribution is -2.51. The summed E-state index contributed by atoms with van der Waals surface area (Å²) in [5.74, 6) is 0.214. The van der Waals surface area contributed by atoms with Crippen LogP contribution in [0.5, 0.6) is 0 Å². The molecular weight excluding hydrogens is 320 g/mol. The molecule has 1 saturated heterocycles. The van der Waals surface area contributed by atoms with Crippen LogP contribution in [0.2, 0.25) is 0 Å². The molecule has 3 nitrogen and oxygen atoms in total. The zero-order chi connectivity index (χ0) is 16.3. The molecule has 1 aliphatic rings. The zero-order valence-corrected chi connectivity index (χ0v) is 15.1. The van der Waals surface area contributed by atoms with Gasteiger partial charge in [-0.2, -0.15) is 0 Å². The minimum Gasteiger partial charge on any atom is -0.339 e. The number of nitrogens with zero attached hydrogens (tertiary/aromatic N) is 1. The van der Waals surface area contributed by atoms with Crippen molar-refractivity contribution in [3.63, 3.8) is 0 Å². The monoisotopic (exact) mass is 344 g/mol. The van der Waals surface area contributed by atoms with E-state index in [0.717, 1.165) is 31.7 Å². The van der Waals surface area contributed by atoms with Gasteiger partial charge in [-0.05, 0) is 30.5 Å². The molecule has 4 heteroatoms. The maximum Gasteiger partial charge on any atom is 0.232 e. The van der Waals surface area contributed by atoms with Gasteiger partial charge < -0.3 is 10.2 Å². The third-order valence-corrected chi connectivity index (χ3v) is 4.65. The highest BCUT2D eigenvalue weighted by Crippen LogP contribution is 2.28. The summed E-state index contributed by atoms with van der Waals surface area (Å²) >= 11 is 0. The van der Waals surface area contributed by atoms with Crippen molar-refractivity contribution in [1.29, 1.82) is 0 Å². The Bertz CT molecular complexity index is 662. The normalized spacial score (nSPS) is 14.8. The molecule has 1 aliphatic heterocycles. The van der Waals surface area contributed by atoms with E-state index in [1.165, 1.54) is 11.1 Å². The fourth-order valence-electron chi connectivity index (χ4n) is 3.10. The summed E-state index contributed by atoms with van der Waals surface area (Å²) in [5, 5.41) is 3.29. The molecule has 1 N–H and O–H groups in total. The van der Waals surface area contributed by atoms with Gasteiger partial charge in [0.1, 0.15) is 0 Å². The molecule has 0 aliphatic carbocycles. The molecule has 1 heterocycles. The van der Waals surface area contributed by atoms with Gasteiger partial charge in [0.2, 0.25) is 5.91 Å². The van der Waals surface area contributed by atoms with E-state index in [1.807, 2.05) is 36.9 Å². The molecule has 0 bridgehead atoms. The summed E-state index contributed by atoms with van der Waals surface area (Å²) < 4.78 is 0. The second-order valence-corrected chi connectivity index (χ2v) is 6.61. The molecule has 1 amide bonds. The third kappa shape index (κ3) is 3.80. The minimum atomic E-state index is -0.493. The van der Waals surface area contributed by atoms with Crippen molar-refractivity contribution in [2.75, 3.05) is 26.2 Å². The van der Waals surface area contributed by atoms with Gasteiger partial charge in [0.05, 0.1) is 5.41 Å². The number of hydrogen-bond acceptors (Lipinski definition) is 2. The SMILES string of the molecule is CC(C)(C(=O)N1CCNCC1)c1ccc(-c2ccccc2)cc1.Cl. The molecule has 128 valence electrons. The number of hydrogen-bond donors (Lipinski definition) is 1. The average Bonchev–Trinajstić information content (AvgIpc) is 2.62. The maximum atomic E-state index is 12.9. The molecule has 0 radical (unpaired) electrons. The van der Waals surface area contributed by atoms with Crippen LogP contribution in [0.25, 0.3) is 11.1 Å². The number of piperazine rings is 1. The van der Waals surface area contributed by atoms with Crippen molar-refractivity contribution in [1.82, 2.24) is 10.2 Å². The lowest BCUT2D eigenvalue weighted by atomic mass is 9.82. The average molecular weight is 345 g/mol. The van der Waals surface area contributed by atoms with Crippen molar-refractivity contribution < 1.29 is 4.79 Å². The van der Waals surface area contributed by atoms with E-state index in [2.05, 4.69) is 41.7 Å². The van der Waals surface area contributed by atoms with Crippen LogP contribution >= 0.6 is 12.4 Å². The van der Waals surface area contributed by atoms with Crippen LogP contribution in [0, 0.1) is 0 Å². The van der Waals surface area contributed by atoms with E-state index < -0.39 is 5.41 Å². The molecule has 3 rings (SSSR count). The summed E-state index contributed by atoms with van der Waals surface area (Å²) in [6.07, 6.45) is 0. The summed E-state index contributed by atoms with van der Waals surface area (Å²) in [7, 11) is 0. The molecule has 0 saturated carbocycles. The second-order valence-electron chi connectivity index (χ2n) is 6.61. The number of amides is 1. The molecule has 0 aromatic heterocycles. The molecule has 0 spiro atoms. The minimum absolute atomic E-state index is 0. The number of halogens is 1. The fraction of sp³-hybridized carbons (Fsp3) is 0.350. The van der Waals surface area contributed by atoms with Crippen LogP contribution in [0.1, 0.15) is 19.4 Å².